The van der Waals surface area contributed by atoms with E-state index in [1.807, 2.05) is 0 Å². The Hall–Kier alpha value is -2.58. The summed E-state index contributed by atoms with van der Waals surface area (Å²) in [5, 5.41) is 16.0. The first-order valence-corrected chi connectivity index (χ1v) is 8.43. The number of halogens is 2. The minimum absolute atomic E-state index is 0.184. The van der Waals surface area contributed by atoms with Crippen LogP contribution in [-0.2, 0) is 20.9 Å². The van der Waals surface area contributed by atoms with E-state index in [1.165, 1.54) is 21.8 Å². The van der Waals surface area contributed by atoms with E-state index < -0.39 is 17.8 Å². The van der Waals surface area contributed by atoms with Gasteiger partial charge in [-0.05, 0) is 24.6 Å². The maximum atomic E-state index is 12.6. The van der Waals surface area contributed by atoms with Gasteiger partial charge in [0.2, 0.25) is 11.8 Å². The van der Waals surface area contributed by atoms with E-state index in [9.17, 15) is 14.4 Å². The van der Waals surface area contributed by atoms with Gasteiger partial charge in [-0.15, -0.1) is 0 Å². The molecular weight excluding hydrogens is 383 g/mol. The van der Waals surface area contributed by atoms with Crippen LogP contribution in [0.4, 0.5) is 11.5 Å². The van der Waals surface area contributed by atoms with Crippen molar-refractivity contribution in [3.8, 4) is 0 Å². The molecule has 2 amide bonds. The molecule has 1 unspecified atom stereocenters. The molecular formula is C16H14Cl2N4O4. The molecule has 1 aromatic heterocycles. The molecule has 2 N–H and O–H groups in total. The third-order valence-corrected chi connectivity index (χ3v) is 4.46. The van der Waals surface area contributed by atoms with Crippen LogP contribution in [0.1, 0.15) is 6.42 Å². The lowest BCUT2D eigenvalue weighted by Gasteiger charge is -2.18. The highest BCUT2D eigenvalue weighted by molar-refractivity contribution is 6.36. The number of carbonyl (C=O) groups is 3. The number of amides is 2. The van der Waals surface area contributed by atoms with Crippen LogP contribution in [0.2, 0.25) is 10.0 Å². The zero-order valence-corrected chi connectivity index (χ0v) is 14.9. The van der Waals surface area contributed by atoms with Crippen LogP contribution in [0.15, 0.2) is 30.5 Å². The minimum Gasteiger partial charge on any atom is -0.480 e. The maximum Gasteiger partial charge on any atom is 0.325 e. The number of nitrogens with zero attached hydrogens (tertiary/aromatic N) is 3. The molecule has 2 aromatic rings. The fraction of sp³-hybridized carbons (Fsp3) is 0.250. The van der Waals surface area contributed by atoms with E-state index in [4.69, 9.17) is 28.3 Å². The second-order valence-electron chi connectivity index (χ2n) is 5.71. The topological polar surface area (TPSA) is 105 Å². The molecule has 1 aliphatic heterocycles. The third kappa shape index (κ3) is 3.81. The number of carbonyl (C=O) groups excluding carboxylic acids is 2. The van der Waals surface area contributed by atoms with Crippen molar-refractivity contribution in [2.45, 2.75) is 13.0 Å². The van der Waals surface area contributed by atoms with Gasteiger partial charge in [-0.25, -0.2) is 0 Å². The summed E-state index contributed by atoms with van der Waals surface area (Å²) in [7, 11) is 0. The van der Waals surface area contributed by atoms with E-state index in [0.717, 1.165) is 0 Å². The lowest BCUT2D eigenvalue weighted by molar-refractivity contribution is -0.138. The van der Waals surface area contributed by atoms with Gasteiger partial charge >= 0.3 is 5.97 Å². The molecule has 1 atom stereocenters. The minimum atomic E-state index is -1.05. The van der Waals surface area contributed by atoms with E-state index in [1.54, 1.807) is 18.2 Å². The summed E-state index contributed by atoms with van der Waals surface area (Å²) in [4.78, 5) is 37.1. The number of aromatic nitrogens is 2. The van der Waals surface area contributed by atoms with E-state index in [2.05, 4.69) is 10.4 Å². The Morgan fingerprint density at radius 3 is 2.81 bits per heavy atom. The standard InChI is InChI=1S/C16H14Cl2N4O4/c17-9-1-2-11(18)12(7-9)22-6-3-10(16(22)26)15(25)19-13-4-5-21(20-13)8-14(23)24/h1-2,4-5,7,10H,3,6,8H2,(H,23,24)(H,19,20,25). The average molecular weight is 397 g/mol. The van der Waals surface area contributed by atoms with Gasteiger partial charge in [0.05, 0.1) is 10.7 Å². The van der Waals surface area contributed by atoms with Crippen LogP contribution >= 0.6 is 23.2 Å². The molecule has 0 bridgehead atoms. The Labute approximate surface area is 158 Å². The molecule has 2 heterocycles. The van der Waals surface area contributed by atoms with Crippen molar-refractivity contribution in [2.75, 3.05) is 16.8 Å². The zero-order valence-electron chi connectivity index (χ0n) is 13.4. The lowest BCUT2D eigenvalue weighted by atomic mass is 10.1. The molecule has 8 nitrogen and oxygen atoms in total. The average Bonchev–Trinajstić information content (AvgIpc) is 3.15. The highest BCUT2D eigenvalue weighted by Gasteiger charge is 2.38. The van der Waals surface area contributed by atoms with Crippen LogP contribution in [0.25, 0.3) is 0 Å². The van der Waals surface area contributed by atoms with Gasteiger partial charge in [0.1, 0.15) is 12.5 Å². The molecule has 26 heavy (non-hydrogen) atoms. The fourth-order valence-electron chi connectivity index (χ4n) is 2.72. The second-order valence-corrected chi connectivity index (χ2v) is 6.55. The predicted molar refractivity (Wildman–Crippen MR) is 95.4 cm³/mol. The highest BCUT2D eigenvalue weighted by Crippen LogP contribution is 2.33. The summed E-state index contributed by atoms with van der Waals surface area (Å²) in [5.41, 5.74) is 0.463. The fourth-order valence-corrected chi connectivity index (χ4v) is 3.11. The van der Waals surface area contributed by atoms with Crippen LogP contribution in [0, 0.1) is 5.92 Å². The van der Waals surface area contributed by atoms with E-state index in [-0.39, 0.29) is 18.3 Å². The van der Waals surface area contributed by atoms with Gasteiger partial charge in [0, 0.05) is 23.8 Å². The van der Waals surface area contributed by atoms with Gasteiger partial charge in [-0.1, -0.05) is 23.2 Å². The molecule has 1 fully saturated rings. The molecule has 0 saturated carbocycles. The molecule has 0 aliphatic carbocycles. The van der Waals surface area contributed by atoms with Crippen molar-refractivity contribution >= 4 is 52.5 Å². The van der Waals surface area contributed by atoms with Gasteiger partial charge in [-0.2, -0.15) is 5.10 Å². The zero-order chi connectivity index (χ0) is 18.8. The second kappa shape index (κ2) is 7.35. The predicted octanol–water partition coefficient (Wildman–Crippen LogP) is 2.27. The number of anilines is 2. The molecule has 136 valence electrons. The number of benzene rings is 1. The molecule has 0 spiro atoms. The van der Waals surface area contributed by atoms with Crippen LogP contribution in [-0.4, -0.2) is 39.2 Å². The summed E-state index contributed by atoms with van der Waals surface area (Å²) in [5.74, 6) is -2.63. The maximum absolute atomic E-state index is 12.6. The van der Waals surface area contributed by atoms with Gasteiger partial charge in [-0.3, -0.25) is 19.1 Å². The Kier molecular flexibility index (Phi) is 5.15. The van der Waals surface area contributed by atoms with Crippen molar-refractivity contribution < 1.29 is 19.5 Å². The number of carboxylic acids is 1. The molecule has 3 rings (SSSR count). The number of carboxylic acid groups (broad SMARTS) is 1. The van der Waals surface area contributed by atoms with Crippen LogP contribution in [0.5, 0.6) is 0 Å². The summed E-state index contributed by atoms with van der Waals surface area (Å²) < 4.78 is 1.17. The first kappa shape index (κ1) is 18.2. The number of hydrogen-bond donors (Lipinski definition) is 2. The third-order valence-electron chi connectivity index (χ3n) is 3.91. The lowest BCUT2D eigenvalue weighted by Crippen LogP contribution is -2.33. The SMILES string of the molecule is O=C(O)Cn1ccc(NC(=O)C2CCN(c3cc(Cl)ccc3Cl)C2=O)n1. The Bertz CT molecular complexity index is 883. The smallest absolute Gasteiger partial charge is 0.325 e. The van der Waals surface area contributed by atoms with Crippen molar-refractivity contribution in [1.29, 1.82) is 0 Å². The van der Waals surface area contributed by atoms with Gasteiger partial charge in [0.25, 0.3) is 0 Å². The first-order chi connectivity index (χ1) is 12.3. The van der Waals surface area contributed by atoms with E-state index >= 15 is 0 Å². The summed E-state index contributed by atoms with van der Waals surface area (Å²) in [6, 6.07) is 6.25. The number of hydrogen-bond acceptors (Lipinski definition) is 4. The van der Waals surface area contributed by atoms with Gasteiger partial charge < -0.3 is 15.3 Å². The van der Waals surface area contributed by atoms with Crippen LogP contribution in [0.3, 0.4) is 0 Å². The summed E-state index contributed by atoms with van der Waals surface area (Å²) in [6.07, 6.45) is 1.75. The van der Waals surface area contributed by atoms with Crippen molar-refractivity contribution in [3.63, 3.8) is 0 Å². The molecule has 0 radical (unpaired) electrons. The largest absolute Gasteiger partial charge is 0.480 e. The van der Waals surface area contributed by atoms with Gasteiger partial charge in [0.15, 0.2) is 5.82 Å². The summed E-state index contributed by atoms with van der Waals surface area (Å²) in [6.45, 7) is 0.0176. The molecule has 1 aromatic carbocycles. The highest BCUT2D eigenvalue weighted by atomic mass is 35.5. The van der Waals surface area contributed by atoms with Crippen molar-refractivity contribution in [3.05, 3.63) is 40.5 Å². The molecule has 1 saturated heterocycles. The first-order valence-electron chi connectivity index (χ1n) is 7.67. The monoisotopic (exact) mass is 396 g/mol. The molecule has 1 aliphatic rings. The number of nitrogens with one attached hydrogen (secondary N) is 1. The van der Waals surface area contributed by atoms with Crippen molar-refractivity contribution in [2.24, 2.45) is 5.92 Å². The Balaban J connectivity index is 1.69. The summed E-state index contributed by atoms with van der Waals surface area (Å²) >= 11 is 12.1. The number of rotatable bonds is 5. The Morgan fingerprint density at radius 2 is 2.08 bits per heavy atom. The normalized spacial score (nSPS) is 16.8. The van der Waals surface area contributed by atoms with E-state index in [0.29, 0.717) is 28.7 Å². The quantitative estimate of drug-likeness (QED) is 0.754. The number of aliphatic carboxylic acids is 1. The van der Waals surface area contributed by atoms with Crippen molar-refractivity contribution in [1.82, 2.24) is 9.78 Å². The van der Waals surface area contributed by atoms with Crippen LogP contribution < -0.4 is 10.2 Å². The molecule has 10 heteroatoms. The Morgan fingerprint density at radius 1 is 1.31 bits per heavy atom.